The molecule has 1 unspecified atom stereocenters. The average Bonchev–Trinajstić information content (AvgIpc) is 3.00. The van der Waals surface area contributed by atoms with E-state index in [1.54, 1.807) is 12.4 Å². The Morgan fingerprint density at radius 2 is 2.33 bits per heavy atom. The minimum atomic E-state index is -0.948. The first-order valence-corrected chi connectivity index (χ1v) is 6.46. The van der Waals surface area contributed by atoms with Crippen LogP contribution in [-0.4, -0.2) is 51.7 Å². The Hall–Kier alpha value is -1.56. The number of anilines is 1. The third-order valence-electron chi connectivity index (χ3n) is 3.42. The van der Waals surface area contributed by atoms with Crippen molar-refractivity contribution >= 4 is 12.0 Å². The molecule has 0 bridgehead atoms. The van der Waals surface area contributed by atoms with Crippen LogP contribution in [0.15, 0.2) is 12.4 Å². The SMILES string of the molecule is CCC(CN1CCCC1)N(C(=O)O)c1ncc[nH]1. The summed E-state index contributed by atoms with van der Waals surface area (Å²) in [6.45, 7) is 4.94. The third kappa shape index (κ3) is 2.81. The van der Waals surface area contributed by atoms with Crippen LogP contribution in [-0.2, 0) is 0 Å². The van der Waals surface area contributed by atoms with Gasteiger partial charge in [0, 0.05) is 18.9 Å². The van der Waals surface area contributed by atoms with E-state index in [0.29, 0.717) is 5.95 Å². The number of hydrogen-bond donors (Lipinski definition) is 2. The van der Waals surface area contributed by atoms with Gasteiger partial charge in [-0.1, -0.05) is 6.92 Å². The monoisotopic (exact) mass is 252 g/mol. The van der Waals surface area contributed by atoms with Crippen LogP contribution in [0.25, 0.3) is 0 Å². The summed E-state index contributed by atoms with van der Waals surface area (Å²) in [6.07, 6.45) is 5.48. The zero-order chi connectivity index (χ0) is 13.0. The molecule has 100 valence electrons. The normalized spacial score (nSPS) is 17.8. The molecule has 0 aromatic carbocycles. The molecule has 1 aliphatic rings. The standard InChI is InChI=1S/C12H20N4O2/c1-2-10(9-15-7-3-4-8-15)16(12(17)18)11-13-5-6-14-11/h5-6,10H,2-4,7-9H2,1H3,(H,13,14)(H,17,18). The number of nitrogens with one attached hydrogen (secondary N) is 1. The molecule has 1 aromatic heterocycles. The van der Waals surface area contributed by atoms with Crippen molar-refractivity contribution in [2.24, 2.45) is 0 Å². The summed E-state index contributed by atoms with van der Waals surface area (Å²) in [5, 5.41) is 9.37. The molecule has 1 atom stereocenters. The fraction of sp³-hybridized carbons (Fsp3) is 0.667. The maximum atomic E-state index is 11.4. The van der Waals surface area contributed by atoms with Gasteiger partial charge < -0.3 is 15.0 Å². The van der Waals surface area contributed by atoms with Crippen LogP contribution in [0.1, 0.15) is 26.2 Å². The van der Waals surface area contributed by atoms with Crippen LogP contribution in [0.3, 0.4) is 0 Å². The van der Waals surface area contributed by atoms with E-state index in [0.717, 1.165) is 26.1 Å². The van der Waals surface area contributed by atoms with Crippen LogP contribution in [0.2, 0.25) is 0 Å². The maximum Gasteiger partial charge on any atom is 0.414 e. The second-order valence-corrected chi connectivity index (χ2v) is 4.64. The Bertz CT molecular complexity index is 373. The Balaban J connectivity index is 2.09. The molecule has 0 radical (unpaired) electrons. The lowest BCUT2D eigenvalue weighted by atomic mass is 10.2. The van der Waals surface area contributed by atoms with Gasteiger partial charge in [-0.2, -0.15) is 0 Å². The van der Waals surface area contributed by atoms with E-state index >= 15 is 0 Å². The highest BCUT2D eigenvalue weighted by Gasteiger charge is 2.28. The number of carbonyl (C=O) groups is 1. The minimum Gasteiger partial charge on any atom is -0.465 e. The summed E-state index contributed by atoms with van der Waals surface area (Å²) >= 11 is 0. The summed E-state index contributed by atoms with van der Waals surface area (Å²) < 4.78 is 0. The van der Waals surface area contributed by atoms with Crippen molar-refractivity contribution in [1.82, 2.24) is 14.9 Å². The van der Waals surface area contributed by atoms with Crippen molar-refractivity contribution in [1.29, 1.82) is 0 Å². The first-order valence-electron chi connectivity index (χ1n) is 6.46. The molecule has 1 aromatic rings. The highest BCUT2D eigenvalue weighted by molar-refractivity contribution is 5.84. The van der Waals surface area contributed by atoms with Crippen molar-refractivity contribution in [2.45, 2.75) is 32.2 Å². The molecule has 1 aliphatic heterocycles. The molecule has 0 saturated carbocycles. The van der Waals surface area contributed by atoms with Crippen molar-refractivity contribution in [2.75, 3.05) is 24.5 Å². The fourth-order valence-electron chi connectivity index (χ4n) is 2.46. The molecule has 6 nitrogen and oxygen atoms in total. The lowest BCUT2D eigenvalue weighted by Gasteiger charge is -2.29. The molecule has 2 heterocycles. The zero-order valence-corrected chi connectivity index (χ0v) is 10.7. The summed E-state index contributed by atoms with van der Waals surface area (Å²) in [5.74, 6) is 0.411. The van der Waals surface area contributed by atoms with Gasteiger partial charge in [-0.05, 0) is 32.4 Å². The summed E-state index contributed by atoms with van der Waals surface area (Å²) in [4.78, 5) is 22.0. The van der Waals surface area contributed by atoms with Crippen molar-refractivity contribution in [3.8, 4) is 0 Å². The number of H-pyrrole nitrogens is 1. The van der Waals surface area contributed by atoms with Gasteiger partial charge in [0.15, 0.2) is 0 Å². The van der Waals surface area contributed by atoms with E-state index < -0.39 is 6.09 Å². The molecule has 1 fully saturated rings. The fourth-order valence-corrected chi connectivity index (χ4v) is 2.46. The molecule has 6 heteroatoms. The highest BCUT2D eigenvalue weighted by Crippen LogP contribution is 2.17. The first-order chi connectivity index (χ1) is 8.72. The van der Waals surface area contributed by atoms with Crippen molar-refractivity contribution in [3.05, 3.63) is 12.4 Å². The van der Waals surface area contributed by atoms with Crippen LogP contribution in [0.5, 0.6) is 0 Å². The number of imidazole rings is 1. The number of carboxylic acid groups (broad SMARTS) is 1. The minimum absolute atomic E-state index is 0.0493. The van der Waals surface area contributed by atoms with Crippen LogP contribution >= 0.6 is 0 Å². The van der Waals surface area contributed by atoms with Crippen molar-refractivity contribution in [3.63, 3.8) is 0 Å². The number of hydrogen-bond acceptors (Lipinski definition) is 3. The Kier molecular flexibility index (Phi) is 4.19. The lowest BCUT2D eigenvalue weighted by Crippen LogP contribution is -2.46. The number of aromatic nitrogens is 2. The predicted molar refractivity (Wildman–Crippen MR) is 68.8 cm³/mol. The average molecular weight is 252 g/mol. The van der Waals surface area contributed by atoms with Gasteiger partial charge >= 0.3 is 6.09 Å². The van der Waals surface area contributed by atoms with Gasteiger partial charge in [-0.25, -0.2) is 14.7 Å². The van der Waals surface area contributed by atoms with E-state index in [1.165, 1.54) is 17.7 Å². The molecular formula is C12H20N4O2. The predicted octanol–water partition coefficient (Wildman–Crippen LogP) is 1.77. The van der Waals surface area contributed by atoms with Crippen molar-refractivity contribution < 1.29 is 9.90 Å². The van der Waals surface area contributed by atoms with Crippen LogP contribution < -0.4 is 4.90 Å². The van der Waals surface area contributed by atoms with E-state index in [2.05, 4.69) is 14.9 Å². The highest BCUT2D eigenvalue weighted by atomic mass is 16.4. The molecule has 0 spiro atoms. The molecule has 2 rings (SSSR count). The number of nitrogens with zero attached hydrogens (tertiary/aromatic N) is 3. The van der Waals surface area contributed by atoms with E-state index in [9.17, 15) is 9.90 Å². The van der Waals surface area contributed by atoms with Crippen LogP contribution in [0.4, 0.5) is 10.7 Å². The molecule has 1 saturated heterocycles. The molecule has 2 N–H and O–H groups in total. The lowest BCUT2D eigenvalue weighted by molar-refractivity contribution is 0.194. The van der Waals surface area contributed by atoms with E-state index in [1.807, 2.05) is 6.92 Å². The number of likely N-dealkylation sites (tertiary alicyclic amines) is 1. The topological polar surface area (TPSA) is 72.5 Å². The summed E-state index contributed by atoms with van der Waals surface area (Å²) in [6, 6.07) is -0.0493. The smallest absolute Gasteiger partial charge is 0.414 e. The van der Waals surface area contributed by atoms with E-state index in [-0.39, 0.29) is 6.04 Å². The van der Waals surface area contributed by atoms with Gasteiger partial charge in [0.1, 0.15) is 0 Å². The molecular weight excluding hydrogens is 232 g/mol. The maximum absolute atomic E-state index is 11.4. The second kappa shape index (κ2) is 5.86. The Morgan fingerprint density at radius 3 is 2.83 bits per heavy atom. The zero-order valence-electron chi connectivity index (χ0n) is 10.7. The molecule has 0 aliphatic carbocycles. The second-order valence-electron chi connectivity index (χ2n) is 4.64. The summed E-state index contributed by atoms with van der Waals surface area (Å²) in [7, 11) is 0. The third-order valence-corrected chi connectivity index (χ3v) is 3.42. The van der Waals surface area contributed by atoms with Crippen LogP contribution in [0, 0.1) is 0 Å². The summed E-state index contributed by atoms with van der Waals surface area (Å²) in [5.41, 5.74) is 0. The first kappa shape index (κ1) is 12.9. The molecule has 1 amide bonds. The Morgan fingerprint density at radius 1 is 1.61 bits per heavy atom. The van der Waals surface area contributed by atoms with Gasteiger partial charge in [-0.15, -0.1) is 0 Å². The van der Waals surface area contributed by atoms with Gasteiger partial charge in [0.2, 0.25) is 5.95 Å². The number of rotatable bonds is 5. The van der Waals surface area contributed by atoms with Gasteiger partial charge in [-0.3, -0.25) is 0 Å². The number of amides is 1. The quantitative estimate of drug-likeness (QED) is 0.837. The van der Waals surface area contributed by atoms with E-state index in [4.69, 9.17) is 0 Å². The van der Waals surface area contributed by atoms with Gasteiger partial charge in [0.05, 0.1) is 6.04 Å². The Labute approximate surface area is 107 Å². The molecule has 18 heavy (non-hydrogen) atoms. The number of aromatic amines is 1. The largest absolute Gasteiger partial charge is 0.465 e. The van der Waals surface area contributed by atoms with Gasteiger partial charge in [0.25, 0.3) is 0 Å².